The number of benzene rings is 1. The number of nitrogens with zero attached hydrogens (tertiary/aromatic N) is 3. The molecular formula is C23H21N5O2S. The van der Waals surface area contributed by atoms with E-state index in [1.807, 2.05) is 66.9 Å². The molecule has 4 rings (SSSR count). The van der Waals surface area contributed by atoms with Gasteiger partial charge in [-0.05, 0) is 51.1 Å². The summed E-state index contributed by atoms with van der Waals surface area (Å²) in [5, 5.41) is 0.654. The smallest absolute Gasteiger partial charge is 0.281 e. The van der Waals surface area contributed by atoms with Crippen LogP contribution in [0.25, 0.3) is 16.4 Å². The van der Waals surface area contributed by atoms with Gasteiger partial charge in [-0.25, -0.2) is 4.98 Å². The summed E-state index contributed by atoms with van der Waals surface area (Å²) in [4.78, 5) is 34.5. The van der Waals surface area contributed by atoms with Crippen molar-refractivity contribution in [3.63, 3.8) is 0 Å². The van der Waals surface area contributed by atoms with Crippen LogP contribution in [-0.2, 0) is 0 Å². The van der Waals surface area contributed by atoms with Gasteiger partial charge in [0.25, 0.3) is 11.8 Å². The van der Waals surface area contributed by atoms with Gasteiger partial charge in [0.05, 0.1) is 17.0 Å². The summed E-state index contributed by atoms with van der Waals surface area (Å²) in [6, 6.07) is 17.1. The Morgan fingerprint density at radius 1 is 0.935 bits per heavy atom. The molecule has 0 aliphatic heterocycles. The lowest BCUT2D eigenvalue weighted by Gasteiger charge is -2.10. The molecule has 3 aromatic heterocycles. The molecule has 4 aromatic rings. The number of hydrogen-bond acceptors (Lipinski definition) is 5. The average Bonchev–Trinajstić information content (AvgIpc) is 3.32. The first-order valence-electron chi connectivity index (χ1n) is 9.69. The zero-order valence-corrected chi connectivity index (χ0v) is 18.2. The molecule has 8 heteroatoms. The van der Waals surface area contributed by atoms with Crippen molar-refractivity contribution in [2.45, 2.75) is 20.8 Å². The fraction of sp³-hybridized carbons (Fsp3) is 0.130. The van der Waals surface area contributed by atoms with Crippen LogP contribution in [-0.4, -0.2) is 26.3 Å². The van der Waals surface area contributed by atoms with Gasteiger partial charge >= 0.3 is 0 Å². The zero-order chi connectivity index (χ0) is 22.0. The number of rotatable bonds is 4. The van der Waals surface area contributed by atoms with E-state index in [9.17, 15) is 9.59 Å². The van der Waals surface area contributed by atoms with E-state index in [1.54, 1.807) is 19.2 Å². The predicted molar refractivity (Wildman–Crippen MR) is 120 cm³/mol. The molecule has 0 radical (unpaired) electrons. The molecule has 0 saturated heterocycles. The van der Waals surface area contributed by atoms with E-state index in [0.717, 1.165) is 17.1 Å². The lowest BCUT2D eigenvalue weighted by atomic mass is 10.2. The molecular weight excluding hydrogens is 410 g/mol. The number of carbonyl (C=O) groups is 2. The standard InChI is InChI=1S/C23H21N5O2S/c1-14-13-18(16(3)28(14)17-9-5-4-6-10-17)21(29)26-27-22(30)20-15(2)25-23(31-20)19-11-7-8-12-24-19/h4-13H,1-3H3,(H,26,29)(H,27,30). The number of para-hydroxylation sites is 1. The molecule has 0 unspecified atom stereocenters. The second-order valence-electron chi connectivity index (χ2n) is 7.01. The van der Waals surface area contributed by atoms with Crippen molar-refractivity contribution < 1.29 is 9.59 Å². The van der Waals surface area contributed by atoms with E-state index in [2.05, 4.69) is 20.8 Å². The number of aromatic nitrogens is 3. The van der Waals surface area contributed by atoms with Crippen molar-refractivity contribution >= 4 is 23.2 Å². The zero-order valence-electron chi connectivity index (χ0n) is 17.3. The minimum atomic E-state index is -0.414. The fourth-order valence-electron chi connectivity index (χ4n) is 3.41. The molecule has 0 aliphatic rings. The first kappa shape index (κ1) is 20.5. The molecule has 31 heavy (non-hydrogen) atoms. The Bertz CT molecular complexity index is 1250. The van der Waals surface area contributed by atoms with E-state index in [4.69, 9.17) is 0 Å². The van der Waals surface area contributed by atoms with E-state index < -0.39 is 5.91 Å². The number of hydrazine groups is 1. The molecule has 0 atom stereocenters. The number of amides is 2. The maximum Gasteiger partial charge on any atom is 0.281 e. The molecule has 2 amide bonds. The monoisotopic (exact) mass is 431 g/mol. The molecule has 2 N–H and O–H groups in total. The van der Waals surface area contributed by atoms with Crippen molar-refractivity contribution in [2.24, 2.45) is 0 Å². The summed E-state index contributed by atoms with van der Waals surface area (Å²) in [7, 11) is 0. The Morgan fingerprint density at radius 2 is 1.65 bits per heavy atom. The number of aryl methyl sites for hydroxylation is 2. The van der Waals surface area contributed by atoms with Crippen LogP contribution in [0.5, 0.6) is 0 Å². The number of nitrogens with one attached hydrogen (secondary N) is 2. The largest absolute Gasteiger partial charge is 0.318 e. The van der Waals surface area contributed by atoms with Gasteiger partial charge in [0, 0.05) is 23.3 Å². The van der Waals surface area contributed by atoms with E-state index in [-0.39, 0.29) is 5.91 Å². The van der Waals surface area contributed by atoms with Crippen LogP contribution in [0.2, 0.25) is 0 Å². The van der Waals surface area contributed by atoms with Crippen LogP contribution in [0.4, 0.5) is 0 Å². The van der Waals surface area contributed by atoms with Crippen LogP contribution in [0.3, 0.4) is 0 Å². The fourth-order valence-corrected chi connectivity index (χ4v) is 4.35. The average molecular weight is 432 g/mol. The second-order valence-corrected chi connectivity index (χ2v) is 8.01. The maximum atomic E-state index is 12.7. The van der Waals surface area contributed by atoms with Crippen molar-refractivity contribution in [3.05, 3.63) is 88.3 Å². The number of thiazole rings is 1. The molecule has 0 saturated carbocycles. The number of hydrogen-bond donors (Lipinski definition) is 2. The Balaban J connectivity index is 1.49. The van der Waals surface area contributed by atoms with Crippen molar-refractivity contribution in [3.8, 4) is 16.4 Å². The van der Waals surface area contributed by atoms with Gasteiger partial charge in [0.15, 0.2) is 0 Å². The van der Waals surface area contributed by atoms with Gasteiger partial charge in [-0.15, -0.1) is 11.3 Å². The summed E-state index contributed by atoms with van der Waals surface area (Å²) in [6.45, 7) is 5.57. The molecule has 3 heterocycles. The Hall–Kier alpha value is -3.78. The Labute approximate surface area is 183 Å². The first-order chi connectivity index (χ1) is 15.0. The SMILES string of the molecule is Cc1nc(-c2ccccn2)sc1C(=O)NNC(=O)c1cc(C)n(-c2ccccc2)c1C. The minimum absolute atomic E-state index is 0.379. The maximum absolute atomic E-state index is 12.7. The van der Waals surface area contributed by atoms with Crippen molar-refractivity contribution in [1.29, 1.82) is 0 Å². The lowest BCUT2D eigenvalue weighted by molar-refractivity contribution is 0.0848. The van der Waals surface area contributed by atoms with Gasteiger partial charge in [0.1, 0.15) is 9.88 Å². The minimum Gasteiger partial charge on any atom is -0.318 e. The Morgan fingerprint density at radius 3 is 2.35 bits per heavy atom. The molecule has 0 bridgehead atoms. The molecule has 7 nitrogen and oxygen atoms in total. The normalized spacial score (nSPS) is 10.7. The number of pyridine rings is 1. The summed E-state index contributed by atoms with van der Waals surface area (Å²) >= 11 is 1.23. The van der Waals surface area contributed by atoms with Gasteiger partial charge in [0.2, 0.25) is 0 Å². The number of carbonyl (C=O) groups excluding carboxylic acids is 2. The van der Waals surface area contributed by atoms with Gasteiger partial charge in [-0.2, -0.15) is 0 Å². The molecule has 0 fully saturated rings. The topological polar surface area (TPSA) is 88.9 Å². The van der Waals surface area contributed by atoms with Crippen LogP contribution >= 0.6 is 11.3 Å². The molecule has 0 spiro atoms. The third kappa shape index (κ3) is 4.10. The first-order valence-corrected chi connectivity index (χ1v) is 10.5. The lowest BCUT2D eigenvalue weighted by Crippen LogP contribution is -2.41. The highest BCUT2D eigenvalue weighted by Gasteiger charge is 2.20. The van der Waals surface area contributed by atoms with Crippen LogP contribution in [0, 0.1) is 20.8 Å². The van der Waals surface area contributed by atoms with E-state index >= 15 is 0 Å². The molecule has 156 valence electrons. The van der Waals surface area contributed by atoms with Crippen molar-refractivity contribution in [2.75, 3.05) is 0 Å². The third-order valence-corrected chi connectivity index (χ3v) is 6.05. The van der Waals surface area contributed by atoms with Gasteiger partial charge < -0.3 is 4.57 Å². The summed E-state index contributed by atoms with van der Waals surface area (Å²) in [6.07, 6.45) is 1.68. The quantitative estimate of drug-likeness (QED) is 0.478. The molecule has 1 aromatic carbocycles. The highest BCUT2D eigenvalue weighted by Crippen LogP contribution is 2.26. The predicted octanol–water partition coefficient (Wildman–Crippen LogP) is 4.00. The highest BCUT2D eigenvalue weighted by atomic mass is 32.1. The summed E-state index contributed by atoms with van der Waals surface area (Å²) < 4.78 is 2.00. The van der Waals surface area contributed by atoms with Crippen molar-refractivity contribution in [1.82, 2.24) is 25.4 Å². The summed E-state index contributed by atoms with van der Waals surface area (Å²) in [5.74, 6) is -0.793. The molecule has 0 aliphatic carbocycles. The van der Waals surface area contributed by atoms with Gasteiger partial charge in [-0.3, -0.25) is 25.4 Å². The summed E-state index contributed by atoms with van der Waals surface area (Å²) in [5.41, 5.74) is 9.50. The van der Waals surface area contributed by atoms with E-state index in [1.165, 1.54) is 11.3 Å². The Kier molecular flexibility index (Phi) is 5.64. The van der Waals surface area contributed by atoms with E-state index in [0.29, 0.717) is 26.8 Å². The van der Waals surface area contributed by atoms with Gasteiger partial charge in [-0.1, -0.05) is 24.3 Å². The van der Waals surface area contributed by atoms with Crippen LogP contribution in [0.1, 0.15) is 37.1 Å². The van der Waals surface area contributed by atoms with Crippen LogP contribution in [0.15, 0.2) is 60.8 Å². The third-order valence-electron chi connectivity index (χ3n) is 4.87. The van der Waals surface area contributed by atoms with Crippen LogP contribution < -0.4 is 10.9 Å². The highest BCUT2D eigenvalue weighted by molar-refractivity contribution is 7.17. The second kappa shape index (κ2) is 8.53.